The zero-order valence-corrected chi connectivity index (χ0v) is 9.03. The van der Waals surface area contributed by atoms with Crippen molar-refractivity contribution in [3.63, 3.8) is 0 Å². The summed E-state index contributed by atoms with van der Waals surface area (Å²) in [6.45, 7) is 0. The number of hydrazine groups is 1. The maximum absolute atomic E-state index is 3.27. The Morgan fingerprint density at radius 2 is 1.06 bits per heavy atom. The number of hydrogen-bond donors (Lipinski definition) is 2. The fourth-order valence-electron chi connectivity index (χ4n) is 2.12. The highest BCUT2D eigenvalue weighted by atomic mass is 15.4. The number of nitrogens with one attached hydrogen (secondary N) is 2. The van der Waals surface area contributed by atoms with E-state index in [4.69, 9.17) is 0 Å². The van der Waals surface area contributed by atoms with Gasteiger partial charge in [-0.1, -0.05) is 36.4 Å². The third kappa shape index (κ3) is 1.63. The van der Waals surface area contributed by atoms with Crippen molar-refractivity contribution in [2.45, 2.75) is 12.8 Å². The molecule has 80 valence electrons. The molecule has 0 saturated heterocycles. The van der Waals surface area contributed by atoms with Gasteiger partial charge < -0.3 is 10.9 Å². The first-order valence-corrected chi connectivity index (χ1v) is 5.61. The van der Waals surface area contributed by atoms with Crippen LogP contribution < -0.4 is 10.9 Å². The van der Waals surface area contributed by atoms with Crippen LogP contribution >= 0.6 is 0 Å². The molecular formula is C14H14N2. The fraction of sp³-hybridized carbons (Fsp3) is 0.143. The molecule has 0 radical (unpaired) electrons. The van der Waals surface area contributed by atoms with E-state index >= 15 is 0 Å². The largest absolute Gasteiger partial charge is 0.301 e. The first-order valence-electron chi connectivity index (χ1n) is 5.61. The van der Waals surface area contributed by atoms with Crippen molar-refractivity contribution in [2.24, 2.45) is 0 Å². The molecule has 2 N–H and O–H groups in total. The summed E-state index contributed by atoms with van der Waals surface area (Å²) in [7, 11) is 0. The molecule has 0 atom stereocenters. The molecule has 0 saturated carbocycles. The van der Waals surface area contributed by atoms with Crippen LogP contribution in [0.5, 0.6) is 0 Å². The summed E-state index contributed by atoms with van der Waals surface area (Å²) in [5.74, 6) is 0. The number of rotatable bonds is 0. The topological polar surface area (TPSA) is 24.1 Å². The van der Waals surface area contributed by atoms with E-state index in [0.717, 1.165) is 12.8 Å². The van der Waals surface area contributed by atoms with Crippen LogP contribution in [0.25, 0.3) is 0 Å². The molecule has 0 bridgehead atoms. The molecule has 0 aliphatic carbocycles. The van der Waals surface area contributed by atoms with Gasteiger partial charge in [0, 0.05) is 0 Å². The van der Waals surface area contributed by atoms with Crippen molar-refractivity contribution in [1.29, 1.82) is 0 Å². The highest BCUT2D eigenvalue weighted by molar-refractivity contribution is 5.61. The minimum Gasteiger partial charge on any atom is -0.301 e. The van der Waals surface area contributed by atoms with E-state index in [0.29, 0.717) is 0 Å². The SMILES string of the molecule is c1ccc2c(c1)CCc1ccccc1NN2. The minimum absolute atomic E-state index is 1.09. The van der Waals surface area contributed by atoms with Gasteiger partial charge in [-0.25, -0.2) is 0 Å². The Balaban J connectivity index is 1.97. The smallest absolute Gasteiger partial charge is 0.0571 e. The number of anilines is 2. The van der Waals surface area contributed by atoms with Crippen LogP contribution in [0.3, 0.4) is 0 Å². The van der Waals surface area contributed by atoms with E-state index in [1.54, 1.807) is 0 Å². The van der Waals surface area contributed by atoms with E-state index in [9.17, 15) is 0 Å². The maximum atomic E-state index is 3.27. The second-order valence-electron chi connectivity index (χ2n) is 4.06. The third-order valence-corrected chi connectivity index (χ3v) is 3.03. The zero-order valence-electron chi connectivity index (χ0n) is 9.03. The number of para-hydroxylation sites is 2. The number of aryl methyl sites for hydroxylation is 2. The predicted octanol–water partition coefficient (Wildman–Crippen LogP) is 3.22. The highest BCUT2D eigenvalue weighted by Gasteiger charge is 2.08. The fourth-order valence-corrected chi connectivity index (χ4v) is 2.12. The Morgan fingerprint density at radius 1 is 0.625 bits per heavy atom. The lowest BCUT2D eigenvalue weighted by Crippen LogP contribution is -2.15. The molecule has 3 rings (SSSR count). The van der Waals surface area contributed by atoms with Crippen LogP contribution in [-0.2, 0) is 12.8 Å². The van der Waals surface area contributed by atoms with Gasteiger partial charge in [-0.05, 0) is 36.1 Å². The van der Waals surface area contributed by atoms with Crippen LogP contribution in [0.15, 0.2) is 48.5 Å². The average Bonchev–Trinajstić information content (AvgIpc) is 2.32. The molecular weight excluding hydrogens is 196 g/mol. The Morgan fingerprint density at radius 3 is 1.56 bits per heavy atom. The van der Waals surface area contributed by atoms with Crippen molar-refractivity contribution in [3.8, 4) is 0 Å². The van der Waals surface area contributed by atoms with Crippen LogP contribution in [0, 0.1) is 0 Å². The molecule has 1 heterocycles. The van der Waals surface area contributed by atoms with Gasteiger partial charge in [0.2, 0.25) is 0 Å². The van der Waals surface area contributed by atoms with Crippen molar-refractivity contribution < 1.29 is 0 Å². The average molecular weight is 210 g/mol. The highest BCUT2D eigenvalue weighted by Crippen LogP contribution is 2.24. The Labute approximate surface area is 95.3 Å². The summed E-state index contributed by atoms with van der Waals surface area (Å²) >= 11 is 0. The molecule has 2 aromatic rings. The van der Waals surface area contributed by atoms with Gasteiger partial charge in [0.1, 0.15) is 0 Å². The quantitative estimate of drug-likeness (QED) is 0.697. The van der Waals surface area contributed by atoms with Crippen LogP contribution in [0.4, 0.5) is 11.4 Å². The lowest BCUT2D eigenvalue weighted by Gasteiger charge is -2.19. The molecule has 2 nitrogen and oxygen atoms in total. The maximum Gasteiger partial charge on any atom is 0.0571 e. The molecule has 0 aromatic heterocycles. The van der Waals surface area contributed by atoms with Crippen LogP contribution in [0.1, 0.15) is 11.1 Å². The summed E-state index contributed by atoms with van der Waals surface area (Å²) in [4.78, 5) is 0. The van der Waals surface area contributed by atoms with E-state index in [-0.39, 0.29) is 0 Å². The molecule has 1 aliphatic rings. The van der Waals surface area contributed by atoms with Crippen molar-refractivity contribution in [3.05, 3.63) is 59.7 Å². The standard InChI is InChI=1S/C14H14N2/c1-3-7-13-11(5-1)9-10-12-6-2-4-8-14(12)16-15-13/h1-8,15-16H,9-10H2. The summed E-state index contributed by atoms with van der Waals surface area (Å²) < 4.78 is 0. The van der Waals surface area contributed by atoms with Gasteiger partial charge in [-0.15, -0.1) is 0 Å². The monoisotopic (exact) mass is 210 g/mol. The van der Waals surface area contributed by atoms with E-state index in [1.807, 2.05) is 0 Å². The lowest BCUT2D eigenvalue weighted by molar-refractivity contribution is 0.952. The summed E-state index contributed by atoms with van der Waals surface area (Å²) in [5.41, 5.74) is 11.6. The first-order chi connectivity index (χ1) is 7.93. The molecule has 0 fully saturated rings. The summed E-state index contributed by atoms with van der Waals surface area (Å²) in [5, 5.41) is 0. The molecule has 16 heavy (non-hydrogen) atoms. The van der Waals surface area contributed by atoms with Gasteiger partial charge in [-0.2, -0.15) is 0 Å². The Bertz CT molecular complexity index is 412. The van der Waals surface area contributed by atoms with E-state index < -0.39 is 0 Å². The van der Waals surface area contributed by atoms with Gasteiger partial charge in [0.05, 0.1) is 11.4 Å². The number of hydrogen-bond acceptors (Lipinski definition) is 2. The summed E-state index contributed by atoms with van der Waals surface area (Å²) in [6.07, 6.45) is 2.17. The molecule has 0 spiro atoms. The van der Waals surface area contributed by atoms with Gasteiger partial charge >= 0.3 is 0 Å². The molecule has 0 amide bonds. The van der Waals surface area contributed by atoms with Crippen molar-refractivity contribution in [1.82, 2.24) is 0 Å². The van der Waals surface area contributed by atoms with Crippen LogP contribution in [0.2, 0.25) is 0 Å². The molecule has 2 aromatic carbocycles. The normalized spacial score (nSPS) is 13.5. The summed E-state index contributed by atoms with van der Waals surface area (Å²) in [6, 6.07) is 16.9. The Kier molecular flexibility index (Phi) is 2.26. The molecule has 2 heteroatoms. The molecule has 0 unspecified atom stereocenters. The van der Waals surface area contributed by atoms with E-state index in [2.05, 4.69) is 59.4 Å². The van der Waals surface area contributed by atoms with Gasteiger partial charge in [0.15, 0.2) is 0 Å². The second kappa shape index (κ2) is 3.89. The third-order valence-electron chi connectivity index (χ3n) is 3.03. The predicted molar refractivity (Wildman–Crippen MR) is 67.5 cm³/mol. The van der Waals surface area contributed by atoms with Crippen molar-refractivity contribution >= 4 is 11.4 Å². The zero-order chi connectivity index (χ0) is 10.8. The van der Waals surface area contributed by atoms with Crippen LogP contribution in [-0.4, -0.2) is 0 Å². The number of benzene rings is 2. The number of fused-ring (bicyclic) bond motifs is 2. The van der Waals surface area contributed by atoms with Crippen molar-refractivity contribution in [2.75, 3.05) is 10.9 Å². The Hall–Kier alpha value is -1.96. The molecule has 1 aliphatic heterocycles. The van der Waals surface area contributed by atoms with Gasteiger partial charge in [0.25, 0.3) is 0 Å². The van der Waals surface area contributed by atoms with E-state index in [1.165, 1.54) is 22.5 Å². The van der Waals surface area contributed by atoms with Gasteiger partial charge in [-0.3, -0.25) is 0 Å². The minimum atomic E-state index is 1.09. The first kappa shape index (κ1) is 9.28. The lowest BCUT2D eigenvalue weighted by atomic mass is 10.0. The second-order valence-corrected chi connectivity index (χ2v) is 4.06.